The first kappa shape index (κ1) is 13.7. The van der Waals surface area contributed by atoms with Crippen LogP contribution in [0.4, 0.5) is 0 Å². The van der Waals surface area contributed by atoms with Gasteiger partial charge in [-0.2, -0.15) is 0 Å². The van der Waals surface area contributed by atoms with Gasteiger partial charge in [-0.25, -0.2) is 9.97 Å². The van der Waals surface area contributed by atoms with Crippen molar-refractivity contribution in [1.29, 1.82) is 0 Å². The molecule has 104 valence electrons. The van der Waals surface area contributed by atoms with E-state index in [2.05, 4.69) is 42.1 Å². The molecule has 0 aliphatic rings. The van der Waals surface area contributed by atoms with Crippen LogP contribution in [-0.2, 0) is 13.0 Å². The van der Waals surface area contributed by atoms with Crippen molar-refractivity contribution in [3.05, 3.63) is 45.9 Å². The fraction of sp³-hybridized carbons (Fsp3) is 0.333. The maximum absolute atomic E-state index is 4.71. The van der Waals surface area contributed by atoms with Crippen molar-refractivity contribution in [3.8, 4) is 0 Å². The second-order valence-corrected chi connectivity index (χ2v) is 7.06. The van der Waals surface area contributed by atoms with E-state index in [1.165, 1.54) is 14.7 Å². The highest BCUT2D eigenvalue weighted by Gasteiger charge is 2.14. The molecule has 0 bridgehead atoms. The summed E-state index contributed by atoms with van der Waals surface area (Å²) in [6.45, 7) is 3.16. The predicted molar refractivity (Wildman–Crippen MR) is 86.4 cm³/mol. The number of likely N-dealkylation sites (N-methyl/N-ethyl adjacent to an activating group) is 1. The highest BCUT2D eigenvalue weighted by Crippen LogP contribution is 2.23. The molecule has 2 aromatic heterocycles. The molecule has 3 nitrogen and oxygen atoms in total. The van der Waals surface area contributed by atoms with Crippen LogP contribution in [0.5, 0.6) is 0 Å². The summed E-state index contributed by atoms with van der Waals surface area (Å²) in [5.74, 6) is 0. The molecule has 1 aromatic carbocycles. The van der Waals surface area contributed by atoms with E-state index in [-0.39, 0.29) is 0 Å². The lowest BCUT2D eigenvalue weighted by atomic mass is 10.2. The van der Waals surface area contributed by atoms with Crippen LogP contribution < -0.4 is 0 Å². The number of hydrogen-bond donors (Lipinski definition) is 0. The standard InChI is InChI=1S/C15H17N3S2/c1-11(18(2)10-15-16-7-8-19-15)9-14-17-12-5-3-4-6-13(12)20-14/h3-8,11H,9-10H2,1-2H3/t11-/m0/s1. The predicted octanol–water partition coefficient (Wildman–Crippen LogP) is 3.82. The van der Waals surface area contributed by atoms with Crippen LogP contribution in [0.15, 0.2) is 35.8 Å². The summed E-state index contributed by atoms with van der Waals surface area (Å²) in [4.78, 5) is 11.4. The Bertz CT molecular complexity index is 642. The van der Waals surface area contributed by atoms with Gasteiger partial charge in [0.1, 0.15) is 5.01 Å². The Labute approximate surface area is 126 Å². The highest BCUT2D eigenvalue weighted by atomic mass is 32.1. The van der Waals surface area contributed by atoms with Gasteiger partial charge >= 0.3 is 0 Å². The first-order valence-electron chi connectivity index (χ1n) is 6.65. The van der Waals surface area contributed by atoms with Gasteiger partial charge in [0.25, 0.3) is 0 Å². The van der Waals surface area contributed by atoms with Gasteiger partial charge in [0.2, 0.25) is 0 Å². The van der Waals surface area contributed by atoms with Gasteiger partial charge in [-0.05, 0) is 26.1 Å². The van der Waals surface area contributed by atoms with E-state index in [9.17, 15) is 0 Å². The van der Waals surface area contributed by atoms with Crippen molar-refractivity contribution in [2.45, 2.75) is 25.9 Å². The molecule has 0 N–H and O–H groups in total. The van der Waals surface area contributed by atoms with Crippen molar-refractivity contribution in [2.75, 3.05) is 7.05 Å². The van der Waals surface area contributed by atoms with Crippen LogP contribution in [0.3, 0.4) is 0 Å². The molecule has 0 radical (unpaired) electrons. The molecule has 0 saturated carbocycles. The Morgan fingerprint density at radius 2 is 2.10 bits per heavy atom. The molecular weight excluding hydrogens is 286 g/mol. The lowest BCUT2D eigenvalue weighted by Gasteiger charge is -2.22. The van der Waals surface area contributed by atoms with Crippen LogP contribution in [-0.4, -0.2) is 28.0 Å². The maximum Gasteiger partial charge on any atom is 0.107 e. The van der Waals surface area contributed by atoms with Crippen molar-refractivity contribution in [2.24, 2.45) is 0 Å². The van der Waals surface area contributed by atoms with E-state index in [4.69, 9.17) is 4.98 Å². The SMILES string of the molecule is C[C@@H](Cc1nc2ccccc2s1)N(C)Cc1nccs1. The van der Waals surface area contributed by atoms with Gasteiger partial charge < -0.3 is 0 Å². The van der Waals surface area contributed by atoms with Gasteiger partial charge in [-0.1, -0.05) is 12.1 Å². The smallest absolute Gasteiger partial charge is 0.107 e. The van der Waals surface area contributed by atoms with Crippen molar-refractivity contribution < 1.29 is 0 Å². The zero-order valence-corrected chi connectivity index (χ0v) is 13.2. The summed E-state index contributed by atoms with van der Waals surface area (Å²) < 4.78 is 1.28. The fourth-order valence-electron chi connectivity index (χ4n) is 2.12. The van der Waals surface area contributed by atoms with Crippen LogP contribution >= 0.6 is 22.7 Å². The van der Waals surface area contributed by atoms with Crippen LogP contribution in [0, 0.1) is 0 Å². The Balaban J connectivity index is 1.67. The largest absolute Gasteiger partial charge is 0.297 e. The minimum Gasteiger partial charge on any atom is -0.297 e. The normalized spacial score (nSPS) is 13.2. The molecule has 5 heteroatoms. The molecule has 20 heavy (non-hydrogen) atoms. The maximum atomic E-state index is 4.71. The average Bonchev–Trinajstić information content (AvgIpc) is 3.06. The second kappa shape index (κ2) is 5.99. The summed E-state index contributed by atoms with van der Waals surface area (Å²) >= 11 is 3.51. The molecule has 0 aliphatic carbocycles. The first-order valence-corrected chi connectivity index (χ1v) is 8.35. The van der Waals surface area contributed by atoms with E-state index < -0.39 is 0 Å². The van der Waals surface area contributed by atoms with Gasteiger partial charge in [0.15, 0.2) is 0 Å². The van der Waals surface area contributed by atoms with E-state index >= 15 is 0 Å². The third kappa shape index (κ3) is 3.06. The third-order valence-electron chi connectivity index (χ3n) is 3.43. The Morgan fingerprint density at radius 1 is 1.25 bits per heavy atom. The van der Waals surface area contributed by atoms with Crippen LogP contribution in [0.1, 0.15) is 16.9 Å². The van der Waals surface area contributed by atoms with E-state index in [1.807, 2.05) is 17.6 Å². The molecule has 0 unspecified atom stereocenters. The third-order valence-corrected chi connectivity index (χ3v) is 5.25. The molecular formula is C15H17N3S2. The van der Waals surface area contributed by atoms with Crippen LogP contribution in [0.25, 0.3) is 10.2 Å². The van der Waals surface area contributed by atoms with Gasteiger partial charge in [-0.3, -0.25) is 4.90 Å². The average molecular weight is 303 g/mol. The van der Waals surface area contributed by atoms with Crippen molar-refractivity contribution in [3.63, 3.8) is 0 Å². The van der Waals surface area contributed by atoms with Gasteiger partial charge in [-0.15, -0.1) is 22.7 Å². The zero-order valence-electron chi connectivity index (χ0n) is 11.6. The Hall–Kier alpha value is -1.30. The topological polar surface area (TPSA) is 29.0 Å². The second-order valence-electron chi connectivity index (χ2n) is 4.97. The molecule has 3 rings (SSSR count). The first-order chi connectivity index (χ1) is 9.72. The molecule has 0 aliphatic heterocycles. The van der Waals surface area contributed by atoms with E-state index in [1.54, 1.807) is 22.7 Å². The minimum atomic E-state index is 0.458. The Kier molecular flexibility index (Phi) is 4.10. The molecule has 0 spiro atoms. The van der Waals surface area contributed by atoms with Crippen molar-refractivity contribution in [1.82, 2.24) is 14.9 Å². The number of thiazole rings is 2. The zero-order chi connectivity index (χ0) is 13.9. The highest BCUT2D eigenvalue weighted by molar-refractivity contribution is 7.18. The van der Waals surface area contributed by atoms with Crippen molar-refractivity contribution >= 4 is 32.9 Å². The molecule has 1 atom stereocenters. The quantitative estimate of drug-likeness (QED) is 0.717. The molecule has 0 fully saturated rings. The summed E-state index contributed by atoms with van der Waals surface area (Å²) in [6, 6.07) is 8.80. The molecule has 2 heterocycles. The monoisotopic (exact) mass is 303 g/mol. The molecule has 0 amide bonds. The summed E-state index contributed by atoms with van der Waals surface area (Å²) in [7, 11) is 2.15. The molecule has 3 aromatic rings. The number of rotatable bonds is 5. The number of aromatic nitrogens is 2. The number of fused-ring (bicyclic) bond motifs is 1. The fourth-order valence-corrected chi connectivity index (χ4v) is 3.88. The number of para-hydroxylation sites is 1. The van der Waals surface area contributed by atoms with E-state index in [0.717, 1.165) is 18.5 Å². The number of benzene rings is 1. The summed E-state index contributed by atoms with van der Waals surface area (Å²) in [5.41, 5.74) is 1.11. The van der Waals surface area contributed by atoms with Crippen LogP contribution in [0.2, 0.25) is 0 Å². The lowest BCUT2D eigenvalue weighted by molar-refractivity contribution is 0.247. The van der Waals surface area contributed by atoms with Gasteiger partial charge in [0, 0.05) is 24.0 Å². The van der Waals surface area contributed by atoms with Gasteiger partial charge in [0.05, 0.1) is 21.8 Å². The summed E-state index contributed by atoms with van der Waals surface area (Å²) in [6.07, 6.45) is 2.85. The summed E-state index contributed by atoms with van der Waals surface area (Å²) in [5, 5.41) is 4.41. The van der Waals surface area contributed by atoms with E-state index in [0.29, 0.717) is 6.04 Å². The number of nitrogens with zero attached hydrogens (tertiary/aromatic N) is 3. The minimum absolute atomic E-state index is 0.458. The lowest BCUT2D eigenvalue weighted by Crippen LogP contribution is -2.30. The Morgan fingerprint density at radius 3 is 2.85 bits per heavy atom. The molecule has 0 saturated heterocycles. The number of hydrogen-bond acceptors (Lipinski definition) is 5.